The molecule has 0 saturated heterocycles. The number of rotatable bonds is 16. The molecule has 2 aliphatic heterocycles. The average Bonchev–Trinajstić information content (AvgIpc) is 3.97. The van der Waals surface area contributed by atoms with Crippen molar-refractivity contribution in [2.45, 2.75) is 35.7 Å². The fraction of sp³-hybridized carbons (Fsp3) is 0.167. The van der Waals surface area contributed by atoms with Crippen LogP contribution in [-0.2, 0) is 65.2 Å². The first-order valence-corrected chi connectivity index (χ1v) is 24.2. The van der Waals surface area contributed by atoms with Crippen LogP contribution < -0.4 is 20.1 Å². The molecule has 8 rings (SSSR count). The van der Waals surface area contributed by atoms with Crippen molar-refractivity contribution in [2.24, 2.45) is 9.98 Å². The standard InChI is InChI=1S/C48H44F2N8O8S2/c49-41-5-1-3-7-43(41)67(61,62)53-31-37-13-9-33(10-14-37)29-35-17-21-39(22-18-35)55-47-51-25-27-57(47)65-45(59)46(60)66-58-28-26-52-48(58)56-40-23-19-36(20-24-40)30-34-11-15-38(16-12-34)32-54-68(63,64)44-8-4-2-6-42(44)50/h1-24,53-54H,25-32H2,(H,51,55)(H,52,56). The second kappa shape index (κ2) is 21.0. The molecule has 2 aliphatic rings. The molecule has 0 aliphatic carbocycles. The quantitative estimate of drug-likeness (QED) is 0.0841. The number of carbonyl (C=O) groups is 2. The van der Waals surface area contributed by atoms with Crippen LogP contribution >= 0.6 is 0 Å². The zero-order valence-corrected chi connectivity index (χ0v) is 37.8. The number of carbonyl (C=O) groups excluding carboxylic acids is 2. The van der Waals surface area contributed by atoms with Crippen LogP contribution in [0.1, 0.15) is 33.4 Å². The molecule has 2 heterocycles. The summed E-state index contributed by atoms with van der Waals surface area (Å²) in [5.74, 6) is -3.68. The topological polar surface area (TPSA) is 200 Å². The number of guanidine groups is 2. The van der Waals surface area contributed by atoms with Gasteiger partial charge < -0.3 is 20.3 Å². The minimum absolute atomic E-state index is 0.00264. The van der Waals surface area contributed by atoms with Crippen molar-refractivity contribution in [1.82, 2.24) is 19.6 Å². The van der Waals surface area contributed by atoms with Crippen LogP contribution in [0, 0.1) is 11.6 Å². The van der Waals surface area contributed by atoms with Gasteiger partial charge in [0.15, 0.2) is 0 Å². The number of halogens is 2. The number of hydrogen-bond acceptors (Lipinski definition) is 14. The number of sulfonamides is 2. The molecule has 4 N–H and O–H groups in total. The van der Waals surface area contributed by atoms with Crippen LogP contribution in [0.15, 0.2) is 165 Å². The molecular weight excluding hydrogens is 919 g/mol. The van der Waals surface area contributed by atoms with Gasteiger partial charge in [0.05, 0.1) is 26.2 Å². The maximum Gasteiger partial charge on any atom is 0.444 e. The number of nitrogens with one attached hydrogen (secondary N) is 4. The van der Waals surface area contributed by atoms with Gasteiger partial charge in [-0.3, -0.25) is 0 Å². The highest BCUT2D eigenvalue weighted by atomic mass is 32.2. The van der Waals surface area contributed by atoms with Gasteiger partial charge in [-0.25, -0.2) is 54.6 Å². The lowest BCUT2D eigenvalue weighted by molar-refractivity contribution is -0.198. The molecule has 0 bridgehead atoms. The molecular formula is C48H44F2N8O8S2. The Labute approximate surface area is 391 Å². The monoisotopic (exact) mass is 962 g/mol. The third kappa shape index (κ3) is 12.1. The fourth-order valence-electron chi connectivity index (χ4n) is 7.05. The van der Waals surface area contributed by atoms with Crippen molar-refractivity contribution in [3.05, 3.63) is 191 Å². The third-order valence-corrected chi connectivity index (χ3v) is 13.5. The largest absolute Gasteiger partial charge is 0.444 e. The summed E-state index contributed by atoms with van der Waals surface area (Å²) in [6.07, 6.45) is 1.19. The molecule has 0 saturated carbocycles. The molecule has 0 aromatic heterocycles. The summed E-state index contributed by atoms with van der Waals surface area (Å²) in [6.45, 7) is 1.05. The summed E-state index contributed by atoms with van der Waals surface area (Å²) >= 11 is 0. The van der Waals surface area contributed by atoms with Crippen LogP contribution in [0.3, 0.4) is 0 Å². The van der Waals surface area contributed by atoms with Gasteiger partial charge in [-0.05, 0) is 94.8 Å². The lowest BCUT2D eigenvalue weighted by Crippen LogP contribution is -2.41. The number of aliphatic imine (C=N–C) groups is 2. The molecule has 0 atom stereocenters. The maximum atomic E-state index is 14.0. The summed E-state index contributed by atoms with van der Waals surface area (Å²) in [7, 11) is -8.03. The van der Waals surface area contributed by atoms with E-state index in [1.807, 2.05) is 72.8 Å². The summed E-state index contributed by atoms with van der Waals surface area (Å²) in [5, 5.41) is 8.60. The second-order valence-corrected chi connectivity index (χ2v) is 19.0. The van der Waals surface area contributed by atoms with Crippen LogP contribution in [-0.4, -0.2) is 77.0 Å². The third-order valence-electron chi connectivity index (χ3n) is 10.6. The minimum atomic E-state index is -4.01. The first kappa shape index (κ1) is 47.0. The van der Waals surface area contributed by atoms with Gasteiger partial charge in [-0.15, -0.1) is 0 Å². The van der Waals surface area contributed by atoms with E-state index in [0.717, 1.165) is 34.4 Å². The zero-order chi connectivity index (χ0) is 47.7. The van der Waals surface area contributed by atoms with Crippen LogP contribution in [0.2, 0.25) is 0 Å². The van der Waals surface area contributed by atoms with Crippen molar-refractivity contribution in [2.75, 3.05) is 36.8 Å². The maximum absolute atomic E-state index is 14.0. The predicted molar refractivity (Wildman–Crippen MR) is 250 cm³/mol. The first-order chi connectivity index (χ1) is 32.8. The average molecular weight is 963 g/mol. The van der Waals surface area contributed by atoms with E-state index in [-0.39, 0.29) is 38.1 Å². The van der Waals surface area contributed by atoms with Crippen molar-refractivity contribution < 1.29 is 44.9 Å². The van der Waals surface area contributed by atoms with E-state index in [2.05, 4.69) is 30.1 Å². The van der Waals surface area contributed by atoms with Crippen LogP contribution in [0.4, 0.5) is 20.2 Å². The smallest absolute Gasteiger partial charge is 0.327 e. The molecule has 0 fully saturated rings. The SMILES string of the molecule is O=C(ON1CCN=C1Nc1ccc(Cc2ccc(CNS(=O)(=O)c3ccccc3F)cc2)cc1)C(=O)ON1CCN=C1Nc1ccc(Cc2ccc(CNS(=O)(=O)c3ccccc3F)cc2)cc1. The molecule has 0 amide bonds. The Hall–Kier alpha value is -7.52. The minimum Gasteiger partial charge on any atom is -0.327 e. The summed E-state index contributed by atoms with van der Waals surface area (Å²) < 4.78 is 83.1. The molecule has 0 spiro atoms. The highest BCUT2D eigenvalue weighted by molar-refractivity contribution is 7.89. The predicted octanol–water partition coefficient (Wildman–Crippen LogP) is 5.89. The van der Waals surface area contributed by atoms with E-state index in [1.165, 1.54) is 46.5 Å². The molecule has 6 aromatic rings. The van der Waals surface area contributed by atoms with Gasteiger partial charge in [0.2, 0.25) is 32.0 Å². The number of hydroxylamine groups is 4. The molecule has 6 aromatic carbocycles. The highest BCUT2D eigenvalue weighted by Gasteiger charge is 2.31. The Balaban J connectivity index is 0.760. The van der Waals surface area contributed by atoms with Crippen molar-refractivity contribution >= 4 is 55.3 Å². The summed E-state index contributed by atoms with van der Waals surface area (Å²) in [4.78, 5) is 44.4. The van der Waals surface area contributed by atoms with E-state index in [4.69, 9.17) is 9.68 Å². The van der Waals surface area contributed by atoms with Gasteiger partial charge in [-0.2, -0.15) is 10.1 Å². The van der Waals surface area contributed by atoms with Crippen LogP contribution in [0.25, 0.3) is 0 Å². The normalized spacial score (nSPS) is 13.7. The number of benzene rings is 6. The molecule has 68 heavy (non-hydrogen) atoms. The van der Waals surface area contributed by atoms with Gasteiger partial charge in [0.25, 0.3) is 0 Å². The summed E-state index contributed by atoms with van der Waals surface area (Å²) in [6, 6.07) is 40.2. The molecule has 16 nitrogen and oxygen atoms in total. The van der Waals surface area contributed by atoms with Gasteiger partial charge >= 0.3 is 11.9 Å². The Bertz CT molecular complexity index is 2860. The van der Waals surface area contributed by atoms with Crippen LogP contribution in [0.5, 0.6) is 0 Å². The van der Waals surface area contributed by atoms with Crippen molar-refractivity contribution in [1.29, 1.82) is 0 Å². The second-order valence-electron chi connectivity index (χ2n) is 15.5. The number of nitrogens with zero attached hydrogens (tertiary/aromatic N) is 4. The molecule has 0 radical (unpaired) electrons. The van der Waals surface area contributed by atoms with E-state index in [0.29, 0.717) is 48.4 Å². The molecule has 0 unspecified atom stereocenters. The van der Waals surface area contributed by atoms with Gasteiger partial charge in [0, 0.05) is 24.5 Å². The fourth-order valence-corrected chi connectivity index (χ4v) is 9.24. The van der Waals surface area contributed by atoms with Crippen molar-refractivity contribution in [3.8, 4) is 0 Å². The first-order valence-electron chi connectivity index (χ1n) is 21.2. The van der Waals surface area contributed by atoms with Gasteiger partial charge in [-0.1, -0.05) is 97.1 Å². The number of hydrogen-bond donors (Lipinski definition) is 4. The Kier molecular flexibility index (Phi) is 14.5. The highest BCUT2D eigenvalue weighted by Crippen LogP contribution is 2.20. The van der Waals surface area contributed by atoms with E-state index >= 15 is 0 Å². The number of anilines is 2. The van der Waals surface area contributed by atoms with E-state index < -0.39 is 53.4 Å². The Morgan fingerprint density at radius 3 is 1.16 bits per heavy atom. The molecule has 20 heteroatoms. The van der Waals surface area contributed by atoms with E-state index in [1.54, 1.807) is 24.3 Å². The lowest BCUT2D eigenvalue weighted by Gasteiger charge is -2.21. The zero-order valence-electron chi connectivity index (χ0n) is 36.1. The Morgan fingerprint density at radius 2 is 0.809 bits per heavy atom. The van der Waals surface area contributed by atoms with E-state index in [9.17, 15) is 35.2 Å². The van der Waals surface area contributed by atoms with Crippen molar-refractivity contribution in [3.63, 3.8) is 0 Å². The van der Waals surface area contributed by atoms with Gasteiger partial charge in [0.1, 0.15) is 21.4 Å². The lowest BCUT2D eigenvalue weighted by atomic mass is 10.0. The molecule has 350 valence electrons. The Morgan fingerprint density at radius 1 is 0.485 bits per heavy atom. The summed E-state index contributed by atoms with van der Waals surface area (Å²) in [5.41, 5.74) is 6.70.